The maximum Gasteiger partial charge on any atom is 0.155 e. The molecular weight excluding hydrogens is 294 g/mol. The predicted molar refractivity (Wildman–Crippen MR) is 90.5 cm³/mol. The molecule has 24 heavy (non-hydrogen) atoms. The lowest BCUT2D eigenvalue weighted by atomic mass is 9.49. The van der Waals surface area contributed by atoms with Gasteiger partial charge in [0.15, 0.2) is 5.78 Å². The highest BCUT2D eigenvalue weighted by Crippen LogP contribution is 2.78. The molecule has 0 spiro atoms. The van der Waals surface area contributed by atoms with E-state index >= 15 is 0 Å². The lowest BCUT2D eigenvalue weighted by Crippen LogP contribution is -2.50. The topological polar surface area (TPSA) is 40.9 Å². The van der Waals surface area contributed by atoms with Gasteiger partial charge < -0.3 is 0 Å². The molecule has 0 amide bonds. The summed E-state index contributed by atoms with van der Waals surface area (Å²) in [5.74, 6) is 7.21. The second kappa shape index (κ2) is 4.35. The Bertz CT molecular complexity index is 701. The van der Waals surface area contributed by atoms with Gasteiger partial charge in [-0.1, -0.05) is 12.5 Å². The van der Waals surface area contributed by atoms with E-state index in [4.69, 9.17) is 0 Å². The van der Waals surface area contributed by atoms with Gasteiger partial charge in [-0.2, -0.15) is 5.26 Å². The molecule has 2 heteroatoms. The summed E-state index contributed by atoms with van der Waals surface area (Å²) in [6.45, 7) is 2.36. The van der Waals surface area contributed by atoms with Gasteiger partial charge in [-0.15, -0.1) is 0 Å². The molecule has 0 saturated heterocycles. The maximum absolute atomic E-state index is 12.0. The van der Waals surface area contributed by atoms with Crippen LogP contribution in [0.15, 0.2) is 11.6 Å². The van der Waals surface area contributed by atoms with Crippen molar-refractivity contribution in [2.45, 2.75) is 51.9 Å². The minimum atomic E-state index is 0.348. The molecule has 0 bridgehead atoms. The summed E-state index contributed by atoms with van der Waals surface area (Å²) >= 11 is 0. The zero-order chi connectivity index (χ0) is 16.2. The molecule has 0 aromatic rings. The first-order valence-electron chi connectivity index (χ1n) is 10.3. The lowest BCUT2D eigenvalue weighted by molar-refractivity contribution is -0.116. The molecule has 5 saturated carbocycles. The Morgan fingerprint density at radius 2 is 2.04 bits per heavy atom. The molecule has 0 aromatic heterocycles. The lowest BCUT2D eigenvalue weighted by Gasteiger charge is -2.55. The van der Waals surface area contributed by atoms with Gasteiger partial charge in [-0.05, 0) is 97.4 Å². The van der Waals surface area contributed by atoms with Crippen LogP contribution in [0, 0.1) is 70.0 Å². The molecule has 126 valence electrons. The Morgan fingerprint density at radius 1 is 1.17 bits per heavy atom. The van der Waals surface area contributed by atoms with E-state index in [-0.39, 0.29) is 0 Å². The predicted octanol–water partition coefficient (Wildman–Crippen LogP) is 4.37. The van der Waals surface area contributed by atoms with E-state index in [0.29, 0.717) is 23.0 Å². The van der Waals surface area contributed by atoms with E-state index in [1.807, 2.05) is 0 Å². The minimum absolute atomic E-state index is 0.348. The van der Waals surface area contributed by atoms with Gasteiger partial charge >= 0.3 is 0 Å². The quantitative estimate of drug-likeness (QED) is 0.719. The Balaban J connectivity index is 1.43. The van der Waals surface area contributed by atoms with E-state index in [0.717, 1.165) is 54.3 Å². The highest BCUT2D eigenvalue weighted by Gasteiger charge is 2.73. The van der Waals surface area contributed by atoms with Crippen LogP contribution in [0.3, 0.4) is 0 Å². The fraction of sp³-hybridized carbons (Fsp3) is 0.818. The number of allylic oxidation sites excluding steroid dienone is 1. The molecule has 2 nitrogen and oxygen atoms in total. The number of nitrogens with zero attached hydrogens (tertiary/aromatic N) is 1. The third-order valence-corrected chi connectivity index (χ3v) is 9.45. The second-order valence-corrected chi connectivity index (χ2v) is 9.82. The molecule has 0 N–H and O–H groups in total. The minimum Gasteiger partial charge on any atom is -0.295 e. The maximum atomic E-state index is 12.0. The Kier molecular flexibility index (Phi) is 2.56. The number of ketones is 1. The highest BCUT2D eigenvalue weighted by molar-refractivity contribution is 5.91. The normalized spacial score (nSPS) is 59.1. The van der Waals surface area contributed by atoms with Crippen LogP contribution in [-0.4, -0.2) is 5.78 Å². The molecule has 0 radical (unpaired) electrons. The third-order valence-electron chi connectivity index (χ3n) is 9.45. The van der Waals surface area contributed by atoms with Gasteiger partial charge in [0.05, 0.1) is 12.0 Å². The number of carbonyl (C=O) groups is 1. The van der Waals surface area contributed by atoms with Crippen molar-refractivity contribution in [1.82, 2.24) is 0 Å². The molecular formula is C22H27NO. The van der Waals surface area contributed by atoms with Gasteiger partial charge in [-0.25, -0.2) is 0 Å². The van der Waals surface area contributed by atoms with E-state index < -0.39 is 0 Å². The zero-order valence-corrected chi connectivity index (χ0v) is 14.6. The highest BCUT2D eigenvalue weighted by atomic mass is 16.1. The number of rotatable bonds is 1. The summed E-state index contributed by atoms with van der Waals surface area (Å²) in [5.41, 5.74) is 1.91. The van der Waals surface area contributed by atoms with Crippen LogP contribution in [0.2, 0.25) is 0 Å². The van der Waals surface area contributed by atoms with E-state index in [1.165, 1.54) is 32.1 Å². The SMILES string of the molecule is CC[C@]12CC[C@H]3[C@@H]([C@H]4C[C@H]4C4=CC(=O)CC[C@@H]43)[C@@H]1[C@@H]1C[C@@H]1C2C#N. The molecule has 0 aromatic carbocycles. The van der Waals surface area contributed by atoms with Crippen molar-refractivity contribution < 1.29 is 4.79 Å². The van der Waals surface area contributed by atoms with Gasteiger partial charge in [0.2, 0.25) is 0 Å². The molecule has 1 unspecified atom stereocenters. The first kappa shape index (κ1) is 14.1. The van der Waals surface area contributed by atoms with Crippen LogP contribution < -0.4 is 0 Å². The summed E-state index contributed by atoms with van der Waals surface area (Å²) < 4.78 is 0. The number of nitriles is 1. The van der Waals surface area contributed by atoms with Crippen LogP contribution in [0.4, 0.5) is 0 Å². The largest absolute Gasteiger partial charge is 0.295 e. The van der Waals surface area contributed by atoms with Crippen LogP contribution >= 0.6 is 0 Å². The average Bonchev–Trinajstić information content (AvgIpc) is 3.50. The van der Waals surface area contributed by atoms with Crippen molar-refractivity contribution in [2.24, 2.45) is 58.7 Å². The first-order valence-corrected chi connectivity index (χ1v) is 10.3. The smallest absolute Gasteiger partial charge is 0.155 e. The van der Waals surface area contributed by atoms with Crippen LogP contribution in [0.1, 0.15) is 51.9 Å². The monoisotopic (exact) mass is 321 g/mol. The Morgan fingerprint density at radius 3 is 2.83 bits per heavy atom. The summed E-state index contributed by atoms with van der Waals surface area (Å²) in [4.78, 5) is 12.0. The van der Waals surface area contributed by atoms with E-state index in [2.05, 4.69) is 19.1 Å². The third kappa shape index (κ3) is 1.48. The van der Waals surface area contributed by atoms with Gasteiger partial charge in [0, 0.05) is 6.42 Å². The van der Waals surface area contributed by atoms with Crippen molar-refractivity contribution >= 4 is 5.78 Å². The molecule has 0 aliphatic heterocycles. The fourth-order valence-corrected chi connectivity index (χ4v) is 8.58. The van der Waals surface area contributed by atoms with Gasteiger partial charge in [0.1, 0.15) is 0 Å². The fourth-order valence-electron chi connectivity index (χ4n) is 8.58. The summed E-state index contributed by atoms with van der Waals surface area (Å²) in [5, 5.41) is 9.89. The molecule has 6 rings (SSSR count). The van der Waals surface area contributed by atoms with Crippen molar-refractivity contribution in [3.63, 3.8) is 0 Å². The Hall–Kier alpha value is -1.10. The number of fused-ring (bicyclic) bond motifs is 10. The van der Waals surface area contributed by atoms with Crippen LogP contribution in [-0.2, 0) is 4.79 Å². The van der Waals surface area contributed by atoms with E-state index in [1.54, 1.807) is 5.57 Å². The number of carbonyl (C=O) groups excluding carboxylic acids is 1. The summed E-state index contributed by atoms with van der Waals surface area (Å²) in [7, 11) is 0. The number of hydrogen-bond donors (Lipinski definition) is 0. The molecule has 0 heterocycles. The summed E-state index contributed by atoms with van der Waals surface area (Å²) in [6.07, 6.45) is 10.5. The molecule has 5 fully saturated rings. The van der Waals surface area contributed by atoms with Crippen molar-refractivity contribution in [3.8, 4) is 6.07 Å². The molecule has 6 aliphatic carbocycles. The average molecular weight is 321 g/mol. The molecule has 10 atom stereocenters. The standard InChI is InChI=1S/C22H27NO/c1-2-22-6-5-13-12-4-3-11(24)7-14(12)15-8-17(15)20(13)21(22)18-9-16(18)19(22)10-23/h7,12-13,15-21H,2-6,8-9H2,1H3/t12-,13-,15+,16+,17+,18-,19?,20+,21+,22-/m1/s1. The van der Waals surface area contributed by atoms with E-state index in [9.17, 15) is 10.1 Å². The van der Waals surface area contributed by atoms with Crippen LogP contribution in [0.25, 0.3) is 0 Å². The summed E-state index contributed by atoms with van der Waals surface area (Å²) in [6, 6.07) is 2.78. The number of hydrogen-bond acceptors (Lipinski definition) is 2. The van der Waals surface area contributed by atoms with Gasteiger partial charge in [0.25, 0.3) is 0 Å². The first-order chi connectivity index (χ1) is 11.7. The van der Waals surface area contributed by atoms with Crippen LogP contribution in [0.5, 0.6) is 0 Å². The van der Waals surface area contributed by atoms with Crippen molar-refractivity contribution in [3.05, 3.63) is 11.6 Å². The zero-order valence-electron chi connectivity index (χ0n) is 14.6. The Labute approximate surface area is 144 Å². The van der Waals surface area contributed by atoms with Crippen molar-refractivity contribution in [2.75, 3.05) is 0 Å². The van der Waals surface area contributed by atoms with Crippen molar-refractivity contribution in [1.29, 1.82) is 5.26 Å². The molecule has 6 aliphatic rings. The second-order valence-electron chi connectivity index (χ2n) is 9.82. The van der Waals surface area contributed by atoms with Gasteiger partial charge in [-0.3, -0.25) is 4.79 Å².